The van der Waals surface area contributed by atoms with Gasteiger partial charge in [0.25, 0.3) is 5.91 Å². The van der Waals surface area contributed by atoms with Crippen molar-refractivity contribution in [3.63, 3.8) is 0 Å². The maximum absolute atomic E-state index is 15.1. The molecule has 35 heavy (non-hydrogen) atoms. The van der Waals surface area contributed by atoms with Crippen molar-refractivity contribution in [2.75, 3.05) is 19.6 Å². The van der Waals surface area contributed by atoms with E-state index in [4.69, 9.17) is 0 Å². The number of aromatic amines is 1. The van der Waals surface area contributed by atoms with Gasteiger partial charge in [0.15, 0.2) is 0 Å². The first-order valence-electron chi connectivity index (χ1n) is 11.3. The Morgan fingerprint density at radius 2 is 1.86 bits per heavy atom. The highest BCUT2D eigenvalue weighted by Crippen LogP contribution is 2.38. The van der Waals surface area contributed by atoms with E-state index in [1.54, 1.807) is 4.90 Å². The molecule has 2 aromatic heterocycles. The summed E-state index contributed by atoms with van der Waals surface area (Å²) in [5.41, 5.74) is 3.02. The van der Waals surface area contributed by atoms with Crippen LogP contribution in [-0.2, 0) is 17.6 Å². The number of likely N-dealkylation sites (tertiary alicyclic amines) is 1. The molecule has 2 N–H and O–H groups in total. The molecule has 0 bridgehead atoms. The van der Waals surface area contributed by atoms with Crippen LogP contribution in [0.15, 0.2) is 30.5 Å². The number of rotatable bonds is 3. The van der Waals surface area contributed by atoms with E-state index in [0.717, 1.165) is 28.8 Å². The Kier molecular flexibility index (Phi) is 5.86. The van der Waals surface area contributed by atoms with Crippen molar-refractivity contribution in [2.24, 2.45) is 0 Å². The molecule has 0 spiro atoms. The summed E-state index contributed by atoms with van der Waals surface area (Å²) in [6, 6.07) is 4.81. The zero-order valence-corrected chi connectivity index (χ0v) is 18.5. The second-order valence-corrected chi connectivity index (χ2v) is 8.74. The molecule has 0 radical (unpaired) electrons. The highest BCUT2D eigenvalue weighted by atomic mass is 19.4. The number of pyridine rings is 1. The number of nitrogens with zero attached hydrogens (tertiary/aromatic N) is 2. The van der Waals surface area contributed by atoms with Gasteiger partial charge in [0, 0.05) is 41.8 Å². The molecule has 0 aliphatic carbocycles. The Bertz CT molecular complexity index is 1280. The third-order valence-electron chi connectivity index (χ3n) is 6.57. The number of halogens is 4. The van der Waals surface area contributed by atoms with Gasteiger partial charge in [-0.15, -0.1) is 13.2 Å². The summed E-state index contributed by atoms with van der Waals surface area (Å²) < 4.78 is 56.0. The van der Waals surface area contributed by atoms with Crippen LogP contribution in [-0.4, -0.2) is 52.7 Å². The van der Waals surface area contributed by atoms with E-state index in [2.05, 4.69) is 20.0 Å². The number of ether oxygens (including phenoxy) is 1. The minimum Gasteiger partial charge on any atom is -0.406 e. The van der Waals surface area contributed by atoms with E-state index in [1.165, 1.54) is 18.3 Å². The smallest absolute Gasteiger partial charge is 0.406 e. The van der Waals surface area contributed by atoms with Crippen LogP contribution in [0, 0.1) is 5.82 Å². The van der Waals surface area contributed by atoms with E-state index in [-0.39, 0.29) is 29.7 Å². The van der Waals surface area contributed by atoms with Crippen LogP contribution in [0.25, 0.3) is 11.0 Å². The van der Waals surface area contributed by atoms with Gasteiger partial charge in [-0.3, -0.25) is 9.59 Å². The number of aromatic nitrogens is 2. The lowest BCUT2D eigenvalue weighted by Crippen LogP contribution is -2.38. The molecule has 0 unspecified atom stereocenters. The Labute approximate surface area is 197 Å². The number of amides is 2. The topological polar surface area (TPSA) is 87.3 Å². The van der Waals surface area contributed by atoms with Gasteiger partial charge >= 0.3 is 6.36 Å². The van der Waals surface area contributed by atoms with Crippen LogP contribution in [0.2, 0.25) is 0 Å². The summed E-state index contributed by atoms with van der Waals surface area (Å²) in [7, 11) is 0. The zero-order chi connectivity index (χ0) is 24.7. The first-order valence-corrected chi connectivity index (χ1v) is 11.3. The highest BCUT2D eigenvalue weighted by molar-refractivity contribution is 5.94. The summed E-state index contributed by atoms with van der Waals surface area (Å²) in [4.78, 5) is 33.8. The fourth-order valence-electron chi connectivity index (χ4n) is 5.00. The fourth-order valence-corrected chi connectivity index (χ4v) is 5.00. The van der Waals surface area contributed by atoms with Gasteiger partial charge in [-0.1, -0.05) is 0 Å². The van der Waals surface area contributed by atoms with Crippen LogP contribution in [0.3, 0.4) is 0 Å². The Morgan fingerprint density at radius 3 is 2.54 bits per heavy atom. The maximum Gasteiger partial charge on any atom is 0.573 e. The van der Waals surface area contributed by atoms with Gasteiger partial charge in [-0.2, -0.15) is 0 Å². The average Bonchev–Trinajstić information content (AvgIpc) is 3.04. The first kappa shape index (κ1) is 23.1. The summed E-state index contributed by atoms with van der Waals surface area (Å²) >= 11 is 0. The lowest BCUT2D eigenvalue weighted by Gasteiger charge is -2.33. The highest BCUT2D eigenvalue weighted by Gasteiger charge is 2.32. The minimum atomic E-state index is -4.80. The Morgan fingerprint density at radius 1 is 1.14 bits per heavy atom. The number of carbonyl (C=O) groups excluding carboxylic acids is 2. The van der Waals surface area contributed by atoms with E-state index < -0.39 is 17.9 Å². The largest absolute Gasteiger partial charge is 0.573 e. The summed E-state index contributed by atoms with van der Waals surface area (Å²) in [5, 5.41) is 3.55. The molecule has 2 aliphatic heterocycles. The van der Waals surface area contributed by atoms with E-state index in [0.29, 0.717) is 50.1 Å². The Balaban J connectivity index is 1.33. The maximum atomic E-state index is 15.1. The average molecular weight is 490 g/mol. The van der Waals surface area contributed by atoms with Gasteiger partial charge in [-0.25, -0.2) is 9.37 Å². The molecule has 184 valence electrons. The molecule has 1 aromatic carbocycles. The van der Waals surface area contributed by atoms with Gasteiger partial charge in [0.05, 0.1) is 12.6 Å². The van der Waals surface area contributed by atoms with Crippen molar-refractivity contribution in [3.05, 3.63) is 58.7 Å². The minimum absolute atomic E-state index is 0.0952. The first-order chi connectivity index (χ1) is 16.7. The molecule has 0 atom stereocenters. The molecular weight excluding hydrogens is 468 g/mol. The molecule has 2 aliphatic rings. The van der Waals surface area contributed by atoms with Crippen molar-refractivity contribution >= 4 is 22.8 Å². The predicted octanol–water partition coefficient (Wildman–Crippen LogP) is 3.84. The number of hydrogen-bond donors (Lipinski definition) is 2. The van der Waals surface area contributed by atoms with Crippen LogP contribution in [0.5, 0.6) is 5.75 Å². The number of benzene rings is 1. The molecule has 7 nitrogen and oxygen atoms in total. The number of carbonyl (C=O) groups is 2. The van der Waals surface area contributed by atoms with Gasteiger partial charge in [-0.05, 0) is 55.0 Å². The van der Waals surface area contributed by atoms with Crippen LogP contribution in [0.1, 0.15) is 45.9 Å². The fraction of sp³-hybridized carbons (Fsp3) is 0.375. The molecule has 11 heteroatoms. The number of hydrogen-bond acceptors (Lipinski definition) is 4. The monoisotopic (exact) mass is 490 g/mol. The molecule has 1 fully saturated rings. The number of H-pyrrole nitrogens is 1. The van der Waals surface area contributed by atoms with E-state index in [1.807, 2.05) is 0 Å². The second-order valence-electron chi connectivity index (χ2n) is 8.74. The predicted molar refractivity (Wildman–Crippen MR) is 117 cm³/mol. The second kappa shape index (κ2) is 8.86. The third kappa shape index (κ3) is 4.67. The number of nitrogens with one attached hydrogen (secondary N) is 2. The zero-order valence-electron chi connectivity index (χ0n) is 18.5. The van der Waals surface area contributed by atoms with Crippen molar-refractivity contribution in [1.82, 2.24) is 20.2 Å². The van der Waals surface area contributed by atoms with Crippen LogP contribution in [0.4, 0.5) is 17.6 Å². The Hall–Kier alpha value is -3.63. The van der Waals surface area contributed by atoms with Crippen molar-refractivity contribution in [1.29, 1.82) is 0 Å². The van der Waals surface area contributed by atoms with Gasteiger partial charge < -0.3 is 19.9 Å². The lowest BCUT2D eigenvalue weighted by molar-refractivity contribution is -0.274. The molecule has 2 amide bonds. The molecular formula is C24H22F4N4O3. The molecule has 4 heterocycles. The van der Waals surface area contributed by atoms with Crippen molar-refractivity contribution < 1.29 is 31.9 Å². The standard InChI is InChI=1S/C24H22F4N4O3/c25-17-12-30-22-21(16-5-8-29-19(33)11-18(16)31-22)20(17)13-6-9-32(10-7-13)23(34)14-1-3-15(4-2-14)35-24(26,27)28/h1-4,12-13H,5-11H2,(H,29,33)(H,30,31). The normalized spacial score (nSPS) is 17.1. The summed E-state index contributed by atoms with van der Waals surface area (Å²) in [5.74, 6) is -1.34. The van der Waals surface area contributed by atoms with Gasteiger partial charge in [0.1, 0.15) is 17.2 Å². The molecule has 0 saturated carbocycles. The lowest BCUT2D eigenvalue weighted by atomic mass is 9.86. The van der Waals surface area contributed by atoms with E-state index in [9.17, 15) is 22.8 Å². The number of piperidine rings is 1. The van der Waals surface area contributed by atoms with Gasteiger partial charge in [0.2, 0.25) is 5.91 Å². The quantitative estimate of drug-likeness (QED) is 0.547. The SMILES string of the molecule is O=C1Cc2[nH]c3ncc(F)c(C4CCN(C(=O)c5ccc(OC(F)(F)F)cc5)CC4)c3c2CCN1. The number of fused-ring (bicyclic) bond motifs is 3. The molecule has 5 rings (SSSR count). The third-order valence-corrected chi connectivity index (χ3v) is 6.57. The van der Waals surface area contributed by atoms with E-state index >= 15 is 4.39 Å². The number of alkyl halides is 3. The summed E-state index contributed by atoms with van der Waals surface area (Å²) in [6.45, 7) is 1.22. The molecule has 3 aromatic rings. The van der Waals surface area contributed by atoms with Crippen LogP contribution >= 0.6 is 0 Å². The van der Waals surface area contributed by atoms with Crippen molar-refractivity contribution in [2.45, 2.75) is 38.0 Å². The molecule has 1 saturated heterocycles. The summed E-state index contributed by atoms with van der Waals surface area (Å²) in [6.07, 6.45) is -1.81. The van der Waals surface area contributed by atoms with Crippen molar-refractivity contribution in [3.8, 4) is 5.75 Å². The van der Waals surface area contributed by atoms with Crippen LogP contribution < -0.4 is 10.1 Å².